The third kappa shape index (κ3) is 4.32. The minimum atomic E-state index is -3.85. The lowest BCUT2D eigenvalue weighted by Gasteiger charge is -2.11. The van der Waals surface area contributed by atoms with E-state index in [1.165, 1.54) is 13.0 Å². The fourth-order valence-corrected chi connectivity index (χ4v) is 4.05. The third-order valence-electron chi connectivity index (χ3n) is 4.62. The standard InChI is InChI=1S/C21H22N2O4S/c1-13-11-19(17-4-5-20-18(12-17)6-8-22-20)14(2)10-16(13)7-9-28(26,27)23-15(3)21(24)25/h4-12,15,22-23H,1-3H3,(H,24,25)/b9-7+. The van der Waals surface area contributed by atoms with Crippen LogP contribution in [0.5, 0.6) is 0 Å². The first-order chi connectivity index (χ1) is 13.2. The Morgan fingerprint density at radius 1 is 1.14 bits per heavy atom. The van der Waals surface area contributed by atoms with Crippen LogP contribution in [0.4, 0.5) is 0 Å². The number of carboxylic acids is 1. The summed E-state index contributed by atoms with van der Waals surface area (Å²) in [6.07, 6.45) is 3.39. The minimum Gasteiger partial charge on any atom is -0.480 e. The van der Waals surface area contributed by atoms with Gasteiger partial charge in [-0.2, -0.15) is 4.72 Å². The van der Waals surface area contributed by atoms with Gasteiger partial charge in [0.25, 0.3) is 0 Å². The average molecular weight is 398 g/mol. The molecular weight excluding hydrogens is 376 g/mol. The second kappa shape index (κ2) is 7.61. The zero-order chi connectivity index (χ0) is 20.5. The van der Waals surface area contributed by atoms with E-state index in [9.17, 15) is 13.2 Å². The summed E-state index contributed by atoms with van der Waals surface area (Å²) in [6.45, 7) is 5.17. The zero-order valence-corrected chi connectivity index (χ0v) is 16.7. The Morgan fingerprint density at radius 3 is 2.61 bits per heavy atom. The minimum absolute atomic E-state index is 0.761. The molecule has 0 aliphatic rings. The molecule has 0 saturated heterocycles. The number of fused-ring (bicyclic) bond motifs is 1. The lowest BCUT2D eigenvalue weighted by Crippen LogP contribution is -2.37. The van der Waals surface area contributed by atoms with E-state index in [0.29, 0.717) is 0 Å². The number of carbonyl (C=O) groups is 1. The van der Waals surface area contributed by atoms with Gasteiger partial charge in [0.05, 0.1) is 0 Å². The summed E-state index contributed by atoms with van der Waals surface area (Å²) >= 11 is 0. The number of H-pyrrole nitrogens is 1. The lowest BCUT2D eigenvalue weighted by atomic mass is 9.94. The Bertz CT molecular complexity index is 1180. The highest BCUT2D eigenvalue weighted by Crippen LogP contribution is 2.29. The molecule has 0 amide bonds. The van der Waals surface area contributed by atoms with Crippen molar-refractivity contribution in [1.82, 2.24) is 9.71 Å². The van der Waals surface area contributed by atoms with E-state index in [4.69, 9.17) is 5.11 Å². The van der Waals surface area contributed by atoms with Crippen LogP contribution in [0.2, 0.25) is 0 Å². The van der Waals surface area contributed by atoms with Crippen molar-refractivity contribution in [1.29, 1.82) is 0 Å². The van der Waals surface area contributed by atoms with Crippen LogP contribution in [-0.2, 0) is 14.8 Å². The third-order valence-corrected chi connectivity index (χ3v) is 5.79. The van der Waals surface area contributed by atoms with Gasteiger partial charge in [-0.15, -0.1) is 0 Å². The van der Waals surface area contributed by atoms with E-state index >= 15 is 0 Å². The Balaban J connectivity index is 1.90. The molecule has 3 aromatic rings. The molecule has 0 spiro atoms. The maximum absolute atomic E-state index is 12.0. The first-order valence-corrected chi connectivity index (χ1v) is 10.3. The molecule has 146 valence electrons. The molecule has 1 unspecified atom stereocenters. The average Bonchev–Trinajstić information content (AvgIpc) is 3.09. The molecule has 0 bridgehead atoms. The van der Waals surface area contributed by atoms with Crippen LogP contribution in [0.15, 0.2) is 48.0 Å². The van der Waals surface area contributed by atoms with Gasteiger partial charge in [-0.25, -0.2) is 8.42 Å². The van der Waals surface area contributed by atoms with E-state index in [-0.39, 0.29) is 0 Å². The predicted octanol–water partition coefficient (Wildman–Crippen LogP) is 3.81. The van der Waals surface area contributed by atoms with Gasteiger partial charge >= 0.3 is 5.97 Å². The number of hydrogen-bond acceptors (Lipinski definition) is 3. The van der Waals surface area contributed by atoms with Crippen molar-refractivity contribution in [2.75, 3.05) is 0 Å². The van der Waals surface area contributed by atoms with Gasteiger partial charge in [0.15, 0.2) is 0 Å². The molecular formula is C21H22N2O4S. The Hall–Kier alpha value is -2.90. The highest BCUT2D eigenvalue weighted by Gasteiger charge is 2.17. The number of hydrogen-bond donors (Lipinski definition) is 3. The van der Waals surface area contributed by atoms with Crippen LogP contribution in [0.3, 0.4) is 0 Å². The summed E-state index contributed by atoms with van der Waals surface area (Å²) in [7, 11) is -3.85. The van der Waals surface area contributed by atoms with Crippen LogP contribution < -0.4 is 4.72 Å². The van der Waals surface area contributed by atoms with Gasteiger partial charge in [0, 0.05) is 17.1 Å². The number of aromatic amines is 1. The topological polar surface area (TPSA) is 99.3 Å². The van der Waals surface area contributed by atoms with Crippen LogP contribution in [0.25, 0.3) is 28.1 Å². The number of carboxylic acid groups (broad SMARTS) is 1. The smallest absolute Gasteiger partial charge is 0.321 e. The van der Waals surface area contributed by atoms with Crippen LogP contribution in [0, 0.1) is 13.8 Å². The Labute approximate surface area is 164 Å². The Morgan fingerprint density at radius 2 is 1.89 bits per heavy atom. The van der Waals surface area contributed by atoms with Crippen molar-refractivity contribution in [3.63, 3.8) is 0 Å². The van der Waals surface area contributed by atoms with Gasteiger partial charge in [0.2, 0.25) is 10.0 Å². The van der Waals surface area contributed by atoms with Crippen LogP contribution >= 0.6 is 0 Å². The molecule has 7 heteroatoms. The van der Waals surface area contributed by atoms with Crippen molar-refractivity contribution in [3.05, 3.63) is 64.7 Å². The summed E-state index contributed by atoms with van der Waals surface area (Å²) in [6, 6.07) is 11.0. The van der Waals surface area contributed by atoms with Crippen molar-refractivity contribution in [2.45, 2.75) is 26.8 Å². The number of aromatic nitrogens is 1. The molecule has 3 N–H and O–H groups in total. The maximum Gasteiger partial charge on any atom is 0.321 e. The molecule has 0 radical (unpaired) electrons. The second-order valence-corrected chi connectivity index (χ2v) is 8.43. The second-order valence-electron chi connectivity index (χ2n) is 6.83. The monoisotopic (exact) mass is 398 g/mol. The predicted molar refractivity (Wildman–Crippen MR) is 111 cm³/mol. The number of aryl methyl sites for hydroxylation is 2. The van der Waals surface area contributed by atoms with Crippen molar-refractivity contribution >= 4 is 33.0 Å². The lowest BCUT2D eigenvalue weighted by molar-refractivity contribution is -0.138. The summed E-state index contributed by atoms with van der Waals surface area (Å²) < 4.78 is 26.2. The molecule has 0 fully saturated rings. The fourth-order valence-electron chi connectivity index (χ4n) is 3.05. The summed E-state index contributed by atoms with van der Waals surface area (Å²) in [5.74, 6) is -1.23. The zero-order valence-electron chi connectivity index (χ0n) is 15.9. The highest BCUT2D eigenvalue weighted by molar-refractivity contribution is 7.92. The summed E-state index contributed by atoms with van der Waals surface area (Å²) in [4.78, 5) is 14.0. The summed E-state index contributed by atoms with van der Waals surface area (Å²) in [5, 5.41) is 11.0. The molecule has 0 aliphatic carbocycles. The molecule has 0 saturated carbocycles. The molecule has 0 aliphatic heterocycles. The van der Waals surface area contributed by atoms with Gasteiger partial charge in [-0.05, 0) is 78.2 Å². The normalized spacial score (nSPS) is 13.2. The molecule has 6 nitrogen and oxygen atoms in total. The van der Waals surface area contributed by atoms with Crippen LogP contribution in [0.1, 0.15) is 23.6 Å². The van der Waals surface area contributed by atoms with E-state index in [1.807, 2.05) is 44.3 Å². The van der Waals surface area contributed by atoms with Crippen molar-refractivity contribution < 1.29 is 18.3 Å². The van der Waals surface area contributed by atoms with E-state index in [2.05, 4.69) is 21.8 Å². The molecule has 2 aromatic carbocycles. The van der Waals surface area contributed by atoms with E-state index < -0.39 is 22.0 Å². The highest BCUT2D eigenvalue weighted by atomic mass is 32.2. The number of aliphatic carboxylic acids is 1. The number of sulfonamides is 1. The first-order valence-electron chi connectivity index (χ1n) is 8.78. The maximum atomic E-state index is 12.0. The summed E-state index contributed by atoms with van der Waals surface area (Å²) in [5.41, 5.74) is 5.95. The molecule has 1 heterocycles. The van der Waals surface area contributed by atoms with Crippen molar-refractivity contribution in [2.24, 2.45) is 0 Å². The quantitative estimate of drug-likeness (QED) is 0.588. The first kappa shape index (κ1) is 19.9. The van der Waals surface area contributed by atoms with E-state index in [1.54, 1.807) is 0 Å². The van der Waals surface area contributed by atoms with Gasteiger partial charge in [-0.3, -0.25) is 4.79 Å². The van der Waals surface area contributed by atoms with Gasteiger partial charge in [-0.1, -0.05) is 18.2 Å². The molecule has 3 rings (SSSR count). The van der Waals surface area contributed by atoms with Crippen molar-refractivity contribution in [3.8, 4) is 11.1 Å². The largest absolute Gasteiger partial charge is 0.480 e. The molecule has 28 heavy (non-hydrogen) atoms. The SMILES string of the molecule is Cc1cc(-c2ccc3[nH]ccc3c2)c(C)cc1/C=C/S(=O)(=O)NC(C)C(=O)O. The fraction of sp³-hybridized carbons (Fsp3) is 0.190. The number of nitrogens with one attached hydrogen (secondary N) is 2. The number of rotatable bonds is 6. The van der Waals surface area contributed by atoms with Gasteiger partial charge < -0.3 is 10.1 Å². The van der Waals surface area contributed by atoms with E-state index in [0.717, 1.165) is 44.1 Å². The molecule has 1 aromatic heterocycles. The Kier molecular flexibility index (Phi) is 5.40. The molecule has 1 atom stereocenters. The number of benzene rings is 2. The van der Waals surface area contributed by atoms with Crippen LogP contribution in [-0.4, -0.2) is 30.5 Å². The van der Waals surface area contributed by atoms with Gasteiger partial charge in [0.1, 0.15) is 6.04 Å².